The molecule has 0 radical (unpaired) electrons. The lowest BCUT2D eigenvalue weighted by Gasteiger charge is -2.23. The average Bonchev–Trinajstić information content (AvgIpc) is 3.07. The summed E-state index contributed by atoms with van der Waals surface area (Å²) < 4.78 is 0. The van der Waals surface area contributed by atoms with Crippen LogP contribution in [0.4, 0.5) is 0 Å². The van der Waals surface area contributed by atoms with Gasteiger partial charge in [0.2, 0.25) is 5.91 Å². The van der Waals surface area contributed by atoms with Gasteiger partial charge in [-0.1, -0.05) is 24.3 Å². The van der Waals surface area contributed by atoms with E-state index >= 15 is 0 Å². The Morgan fingerprint density at radius 1 is 1.42 bits per heavy atom. The molecule has 1 saturated heterocycles. The van der Waals surface area contributed by atoms with Gasteiger partial charge in [-0.25, -0.2) is 0 Å². The lowest BCUT2D eigenvalue weighted by Crippen LogP contribution is -2.40. The summed E-state index contributed by atoms with van der Waals surface area (Å²) in [5, 5.41) is 0. The smallest absolute Gasteiger partial charge is 0.226 e. The van der Waals surface area contributed by atoms with E-state index in [2.05, 4.69) is 31.2 Å². The molecule has 1 aliphatic heterocycles. The molecule has 2 aliphatic rings. The molecule has 0 spiro atoms. The van der Waals surface area contributed by atoms with Crippen LogP contribution in [0.2, 0.25) is 0 Å². The van der Waals surface area contributed by atoms with Crippen LogP contribution < -0.4 is 5.73 Å². The number of hydrogen-bond donors (Lipinski definition) is 1. The quantitative estimate of drug-likeness (QED) is 0.902. The molecule has 1 aromatic rings. The van der Waals surface area contributed by atoms with Crippen LogP contribution in [0.1, 0.15) is 36.3 Å². The summed E-state index contributed by atoms with van der Waals surface area (Å²) >= 11 is 0. The molecule has 1 saturated carbocycles. The number of hydrogen-bond acceptors (Lipinski definition) is 2. The third kappa shape index (κ3) is 2.27. The molecule has 1 aromatic carbocycles. The van der Waals surface area contributed by atoms with Crippen LogP contribution in [-0.4, -0.2) is 29.9 Å². The monoisotopic (exact) mass is 258 g/mol. The molecule has 102 valence electrons. The summed E-state index contributed by atoms with van der Waals surface area (Å²) in [7, 11) is 0. The second kappa shape index (κ2) is 4.97. The van der Waals surface area contributed by atoms with E-state index in [-0.39, 0.29) is 12.0 Å². The first-order valence-electron chi connectivity index (χ1n) is 7.28. The molecule has 19 heavy (non-hydrogen) atoms. The first-order chi connectivity index (χ1) is 9.22. The first-order valence-corrected chi connectivity index (χ1v) is 7.28. The molecular weight excluding hydrogens is 236 g/mol. The Balaban J connectivity index is 1.70. The highest BCUT2D eigenvalue weighted by molar-refractivity contribution is 5.83. The highest BCUT2D eigenvalue weighted by atomic mass is 16.2. The second-order valence-corrected chi connectivity index (χ2v) is 5.87. The maximum absolute atomic E-state index is 12.5. The Hall–Kier alpha value is -1.35. The number of nitrogens with zero attached hydrogens (tertiary/aromatic N) is 1. The van der Waals surface area contributed by atoms with Gasteiger partial charge in [-0.3, -0.25) is 4.79 Å². The fraction of sp³-hybridized carbons (Fsp3) is 0.562. The number of amides is 1. The minimum absolute atomic E-state index is 0.202. The molecule has 3 nitrogen and oxygen atoms in total. The highest BCUT2D eigenvalue weighted by Gasteiger charge is 2.47. The number of rotatable bonds is 3. The number of aryl methyl sites for hydroxylation is 1. The van der Waals surface area contributed by atoms with Crippen LogP contribution >= 0.6 is 0 Å². The Morgan fingerprint density at radius 2 is 2.21 bits per heavy atom. The van der Waals surface area contributed by atoms with E-state index in [4.69, 9.17) is 5.73 Å². The van der Waals surface area contributed by atoms with Crippen molar-refractivity contribution in [3.8, 4) is 0 Å². The fourth-order valence-electron chi connectivity index (χ4n) is 3.40. The molecule has 2 fully saturated rings. The molecule has 0 unspecified atom stereocenters. The van der Waals surface area contributed by atoms with Crippen molar-refractivity contribution in [1.29, 1.82) is 0 Å². The van der Waals surface area contributed by atoms with Crippen molar-refractivity contribution in [1.82, 2.24) is 4.90 Å². The predicted octanol–water partition coefficient (Wildman–Crippen LogP) is 2.05. The SMILES string of the molecule is Cc1ccccc1[C@@H]1C[C@H]1C(=O)N1CCC[C@H]1CN. The standard InChI is InChI=1S/C16H22N2O/c1-11-5-2-3-7-13(11)14-9-15(14)16(19)18-8-4-6-12(18)10-17/h2-3,5,7,12,14-15H,4,6,8-10,17H2,1H3/t12-,14-,15+/m0/s1. The summed E-state index contributed by atoms with van der Waals surface area (Å²) in [6.07, 6.45) is 3.19. The minimum atomic E-state index is 0.202. The van der Waals surface area contributed by atoms with Gasteiger partial charge >= 0.3 is 0 Å². The number of benzene rings is 1. The van der Waals surface area contributed by atoms with Crippen LogP contribution in [-0.2, 0) is 4.79 Å². The summed E-state index contributed by atoms with van der Waals surface area (Å²) in [6.45, 7) is 3.64. The molecule has 3 heteroatoms. The van der Waals surface area contributed by atoms with E-state index in [1.165, 1.54) is 11.1 Å². The summed E-state index contributed by atoms with van der Waals surface area (Å²) in [5.41, 5.74) is 8.41. The summed E-state index contributed by atoms with van der Waals surface area (Å²) in [6, 6.07) is 8.71. The van der Waals surface area contributed by atoms with Gasteiger partial charge in [-0.05, 0) is 43.2 Å². The molecular formula is C16H22N2O. The van der Waals surface area contributed by atoms with Crippen LogP contribution in [0.3, 0.4) is 0 Å². The van der Waals surface area contributed by atoms with E-state index in [9.17, 15) is 4.79 Å². The van der Waals surface area contributed by atoms with Crippen LogP contribution in [0.15, 0.2) is 24.3 Å². The van der Waals surface area contributed by atoms with Gasteiger partial charge in [0.25, 0.3) is 0 Å². The Bertz CT molecular complexity index is 485. The zero-order valence-corrected chi connectivity index (χ0v) is 11.5. The lowest BCUT2D eigenvalue weighted by atomic mass is 10.0. The van der Waals surface area contributed by atoms with Gasteiger partial charge in [0.1, 0.15) is 0 Å². The van der Waals surface area contributed by atoms with E-state index < -0.39 is 0 Å². The van der Waals surface area contributed by atoms with Crippen LogP contribution in [0.25, 0.3) is 0 Å². The number of nitrogens with two attached hydrogens (primary N) is 1. The van der Waals surface area contributed by atoms with E-state index in [1.807, 2.05) is 4.90 Å². The van der Waals surface area contributed by atoms with Gasteiger partial charge < -0.3 is 10.6 Å². The van der Waals surface area contributed by atoms with Gasteiger partial charge in [-0.2, -0.15) is 0 Å². The third-order valence-electron chi connectivity index (χ3n) is 4.63. The van der Waals surface area contributed by atoms with Crippen molar-refractivity contribution in [2.45, 2.75) is 38.1 Å². The maximum atomic E-state index is 12.5. The molecule has 3 atom stereocenters. The Kier molecular flexibility index (Phi) is 3.31. The van der Waals surface area contributed by atoms with Gasteiger partial charge in [0.05, 0.1) is 0 Å². The molecule has 1 aliphatic carbocycles. The van der Waals surface area contributed by atoms with Crippen LogP contribution in [0, 0.1) is 12.8 Å². The van der Waals surface area contributed by atoms with E-state index in [0.29, 0.717) is 18.4 Å². The van der Waals surface area contributed by atoms with Crippen molar-refractivity contribution in [3.05, 3.63) is 35.4 Å². The molecule has 1 amide bonds. The summed E-state index contributed by atoms with van der Waals surface area (Å²) in [4.78, 5) is 14.6. The van der Waals surface area contributed by atoms with Crippen molar-refractivity contribution in [2.24, 2.45) is 11.7 Å². The van der Waals surface area contributed by atoms with Crippen molar-refractivity contribution >= 4 is 5.91 Å². The zero-order valence-electron chi connectivity index (χ0n) is 11.5. The largest absolute Gasteiger partial charge is 0.338 e. The van der Waals surface area contributed by atoms with Gasteiger partial charge in [-0.15, -0.1) is 0 Å². The summed E-state index contributed by atoms with van der Waals surface area (Å²) in [5.74, 6) is 0.974. The number of carbonyl (C=O) groups excluding carboxylic acids is 1. The maximum Gasteiger partial charge on any atom is 0.226 e. The Labute approximate surface area is 114 Å². The second-order valence-electron chi connectivity index (χ2n) is 5.87. The fourth-order valence-corrected chi connectivity index (χ4v) is 3.40. The van der Waals surface area contributed by atoms with Gasteiger partial charge in [0.15, 0.2) is 0 Å². The topological polar surface area (TPSA) is 46.3 Å². The average molecular weight is 258 g/mol. The molecule has 3 rings (SSSR count). The molecule has 1 heterocycles. The lowest BCUT2D eigenvalue weighted by molar-refractivity contribution is -0.133. The van der Waals surface area contributed by atoms with Crippen molar-refractivity contribution in [2.75, 3.05) is 13.1 Å². The first kappa shape index (κ1) is 12.7. The number of carbonyl (C=O) groups is 1. The Morgan fingerprint density at radius 3 is 2.95 bits per heavy atom. The van der Waals surface area contributed by atoms with Gasteiger partial charge in [0, 0.05) is 25.0 Å². The molecule has 0 aromatic heterocycles. The van der Waals surface area contributed by atoms with Crippen molar-refractivity contribution in [3.63, 3.8) is 0 Å². The van der Waals surface area contributed by atoms with E-state index in [0.717, 1.165) is 25.8 Å². The zero-order chi connectivity index (χ0) is 13.4. The minimum Gasteiger partial charge on any atom is -0.338 e. The van der Waals surface area contributed by atoms with Crippen molar-refractivity contribution < 1.29 is 4.79 Å². The van der Waals surface area contributed by atoms with E-state index in [1.54, 1.807) is 0 Å². The molecule has 2 N–H and O–H groups in total. The molecule has 0 bridgehead atoms. The normalized spacial score (nSPS) is 29.6. The third-order valence-corrected chi connectivity index (χ3v) is 4.63. The number of likely N-dealkylation sites (tertiary alicyclic amines) is 1. The highest BCUT2D eigenvalue weighted by Crippen LogP contribution is 2.49. The van der Waals surface area contributed by atoms with Crippen LogP contribution in [0.5, 0.6) is 0 Å². The predicted molar refractivity (Wildman–Crippen MR) is 75.8 cm³/mol.